The van der Waals surface area contributed by atoms with Crippen molar-refractivity contribution in [1.29, 1.82) is 0 Å². The number of methoxy groups -OCH3 is 1. The summed E-state index contributed by atoms with van der Waals surface area (Å²) in [6.45, 7) is 1.39. The monoisotopic (exact) mass is 428 g/mol. The van der Waals surface area contributed by atoms with E-state index in [1.54, 1.807) is 41.9 Å². The van der Waals surface area contributed by atoms with E-state index in [9.17, 15) is 8.42 Å². The number of hydrogen-bond donors (Lipinski definition) is 0. The molecule has 0 radical (unpaired) electrons. The third-order valence-corrected chi connectivity index (χ3v) is 6.96. The molecule has 1 aromatic heterocycles. The molecule has 2 aromatic carbocycles. The molecular formula is C22H24N2O5S. The maximum Gasteiger partial charge on any atom is 0.243 e. The van der Waals surface area contributed by atoms with Gasteiger partial charge in [-0.3, -0.25) is 0 Å². The van der Waals surface area contributed by atoms with Crippen LogP contribution >= 0.6 is 0 Å². The van der Waals surface area contributed by atoms with E-state index in [1.807, 2.05) is 24.3 Å². The second-order valence-corrected chi connectivity index (χ2v) is 9.04. The van der Waals surface area contributed by atoms with Crippen LogP contribution in [0.5, 0.6) is 11.5 Å². The number of hydrogen-bond acceptors (Lipinski definition) is 6. The number of sulfonamides is 1. The van der Waals surface area contributed by atoms with Crippen molar-refractivity contribution >= 4 is 10.0 Å². The van der Waals surface area contributed by atoms with Crippen molar-refractivity contribution in [1.82, 2.24) is 9.29 Å². The van der Waals surface area contributed by atoms with Crippen LogP contribution in [0.15, 0.2) is 64.1 Å². The summed E-state index contributed by atoms with van der Waals surface area (Å²) in [5.41, 5.74) is 1.49. The molecule has 7 nitrogen and oxygen atoms in total. The summed E-state index contributed by atoms with van der Waals surface area (Å²) in [5.74, 6) is 1.83. The zero-order chi connectivity index (χ0) is 21.0. The zero-order valence-corrected chi connectivity index (χ0v) is 17.6. The summed E-state index contributed by atoms with van der Waals surface area (Å²) >= 11 is 0. The highest BCUT2D eigenvalue weighted by Crippen LogP contribution is 2.24. The van der Waals surface area contributed by atoms with Gasteiger partial charge in [0, 0.05) is 18.7 Å². The second-order valence-electron chi connectivity index (χ2n) is 7.10. The molecule has 1 fully saturated rings. The van der Waals surface area contributed by atoms with Crippen molar-refractivity contribution in [3.63, 3.8) is 0 Å². The van der Waals surface area contributed by atoms with Crippen molar-refractivity contribution < 1.29 is 22.3 Å². The fourth-order valence-electron chi connectivity index (χ4n) is 3.36. The van der Waals surface area contributed by atoms with Gasteiger partial charge in [0.25, 0.3) is 0 Å². The molecule has 0 aliphatic carbocycles. The lowest BCUT2D eigenvalue weighted by Crippen LogP contribution is -2.35. The van der Waals surface area contributed by atoms with Crippen LogP contribution in [0.4, 0.5) is 0 Å². The highest BCUT2D eigenvalue weighted by atomic mass is 32.2. The van der Waals surface area contributed by atoms with E-state index >= 15 is 0 Å². The first kappa shape index (κ1) is 20.4. The van der Waals surface area contributed by atoms with Gasteiger partial charge >= 0.3 is 0 Å². The van der Waals surface area contributed by atoms with Crippen LogP contribution in [0.1, 0.15) is 25.0 Å². The topological polar surface area (TPSA) is 81.9 Å². The minimum absolute atomic E-state index is 0.220. The van der Waals surface area contributed by atoms with Gasteiger partial charge in [0.2, 0.25) is 15.9 Å². The van der Waals surface area contributed by atoms with E-state index in [1.165, 1.54) is 0 Å². The fraction of sp³-hybridized carbons (Fsp3) is 0.318. The number of benzene rings is 2. The van der Waals surface area contributed by atoms with Gasteiger partial charge < -0.3 is 13.9 Å². The Morgan fingerprint density at radius 3 is 2.30 bits per heavy atom. The molecule has 1 saturated heterocycles. The molecular weight excluding hydrogens is 404 g/mol. The van der Waals surface area contributed by atoms with Crippen LogP contribution in [-0.4, -0.2) is 37.9 Å². The second kappa shape index (κ2) is 8.89. The maximum atomic E-state index is 12.7. The lowest BCUT2D eigenvalue weighted by atomic mass is 10.2. The van der Waals surface area contributed by atoms with Crippen LogP contribution in [-0.2, 0) is 16.6 Å². The standard InChI is InChI=1S/C22H24N2O5S/c1-27-19-7-5-17(6-8-19)22-23-18(16-29-22)15-28-20-9-11-21(12-10-20)30(25,26)24-13-3-2-4-14-24/h5-12,16H,2-4,13-15H2,1H3. The Kier molecular flexibility index (Phi) is 6.06. The quantitative estimate of drug-likeness (QED) is 0.563. The average Bonchev–Trinajstić information content (AvgIpc) is 3.28. The number of aromatic nitrogens is 1. The number of rotatable bonds is 7. The van der Waals surface area contributed by atoms with Gasteiger partial charge in [0.15, 0.2) is 0 Å². The molecule has 0 bridgehead atoms. The molecule has 8 heteroatoms. The molecule has 2 heterocycles. The predicted molar refractivity (Wildman–Crippen MR) is 112 cm³/mol. The Morgan fingerprint density at radius 1 is 0.967 bits per heavy atom. The van der Waals surface area contributed by atoms with E-state index in [0.717, 1.165) is 30.6 Å². The Morgan fingerprint density at radius 2 is 1.63 bits per heavy atom. The van der Waals surface area contributed by atoms with Gasteiger partial charge in [-0.05, 0) is 61.4 Å². The molecule has 158 valence electrons. The van der Waals surface area contributed by atoms with Crippen molar-refractivity contribution in [3.05, 3.63) is 60.5 Å². The summed E-state index contributed by atoms with van der Waals surface area (Å²) in [5, 5.41) is 0. The van der Waals surface area contributed by atoms with Crippen molar-refractivity contribution in [3.8, 4) is 23.0 Å². The first-order chi connectivity index (χ1) is 14.6. The fourth-order valence-corrected chi connectivity index (χ4v) is 4.88. The highest BCUT2D eigenvalue weighted by Gasteiger charge is 2.25. The van der Waals surface area contributed by atoms with E-state index in [4.69, 9.17) is 13.9 Å². The molecule has 30 heavy (non-hydrogen) atoms. The molecule has 0 N–H and O–H groups in total. The molecule has 0 amide bonds. The maximum absolute atomic E-state index is 12.7. The Bertz CT molecular complexity index is 1070. The summed E-state index contributed by atoms with van der Waals surface area (Å²) in [7, 11) is -1.82. The Balaban J connectivity index is 1.38. The van der Waals surface area contributed by atoms with Crippen LogP contribution < -0.4 is 9.47 Å². The number of piperidine rings is 1. The normalized spacial score (nSPS) is 15.1. The minimum atomic E-state index is -3.44. The minimum Gasteiger partial charge on any atom is -0.497 e. The number of nitrogens with zero attached hydrogens (tertiary/aromatic N) is 2. The van der Waals surface area contributed by atoms with E-state index < -0.39 is 10.0 Å². The SMILES string of the molecule is COc1ccc(-c2nc(COc3ccc(S(=O)(=O)N4CCCCC4)cc3)co2)cc1. The van der Waals surface area contributed by atoms with Crippen LogP contribution in [0.25, 0.3) is 11.5 Å². The Hall–Kier alpha value is -2.84. The third kappa shape index (κ3) is 4.49. The van der Waals surface area contributed by atoms with Crippen molar-refractivity contribution in [2.45, 2.75) is 30.8 Å². The summed E-state index contributed by atoms with van der Waals surface area (Å²) in [6.07, 6.45) is 4.46. The molecule has 1 aliphatic heterocycles. The molecule has 0 unspecified atom stereocenters. The first-order valence-corrected chi connectivity index (χ1v) is 11.3. The molecule has 0 atom stereocenters. The van der Waals surface area contributed by atoms with Crippen LogP contribution in [0.3, 0.4) is 0 Å². The first-order valence-electron chi connectivity index (χ1n) is 9.88. The third-order valence-electron chi connectivity index (χ3n) is 5.05. The molecule has 1 aliphatic rings. The largest absolute Gasteiger partial charge is 0.497 e. The van der Waals surface area contributed by atoms with Crippen LogP contribution in [0.2, 0.25) is 0 Å². The lowest BCUT2D eigenvalue weighted by Gasteiger charge is -2.25. The smallest absolute Gasteiger partial charge is 0.243 e. The molecule has 4 rings (SSSR count). The molecule has 3 aromatic rings. The molecule has 0 spiro atoms. The highest BCUT2D eigenvalue weighted by molar-refractivity contribution is 7.89. The van der Waals surface area contributed by atoms with E-state index in [-0.39, 0.29) is 6.61 Å². The van der Waals surface area contributed by atoms with E-state index in [0.29, 0.717) is 35.3 Å². The molecule has 0 saturated carbocycles. The van der Waals surface area contributed by atoms with Gasteiger partial charge in [-0.15, -0.1) is 0 Å². The number of ether oxygens (including phenoxy) is 2. The average molecular weight is 429 g/mol. The summed E-state index contributed by atoms with van der Waals surface area (Å²) in [4.78, 5) is 4.73. The summed E-state index contributed by atoms with van der Waals surface area (Å²) in [6, 6.07) is 13.9. The van der Waals surface area contributed by atoms with Gasteiger partial charge in [-0.25, -0.2) is 13.4 Å². The van der Waals surface area contributed by atoms with Crippen molar-refractivity contribution in [2.24, 2.45) is 0 Å². The van der Waals surface area contributed by atoms with Crippen LogP contribution in [0, 0.1) is 0 Å². The summed E-state index contributed by atoms with van der Waals surface area (Å²) < 4.78 is 43.4. The number of oxazole rings is 1. The predicted octanol–water partition coefficient (Wildman–Crippen LogP) is 4.10. The lowest BCUT2D eigenvalue weighted by molar-refractivity contribution is 0.300. The van der Waals surface area contributed by atoms with E-state index in [2.05, 4.69) is 4.98 Å². The Labute approximate surface area is 176 Å². The van der Waals surface area contributed by atoms with Gasteiger partial charge in [-0.2, -0.15) is 4.31 Å². The van der Waals surface area contributed by atoms with Gasteiger partial charge in [-0.1, -0.05) is 6.42 Å². The zero-order valence-electron chi connectivity index (χ0n) is 16.8. The van der Waals surface area contributed by atoms with Crippen molar-refractivity contribution in [2.75, 3.05) is 20.2 Å². The van der Waals surface area contributed by atoms with Gasteiger partial charge in [0.1, 0.15) is 30.1 Å². The van der Waals surface area contributed by atoms with Gasteiger partial charge in [0.05, 0.1) is 12.0 Å².